The van der Waals surface area contributed by atoms with Crippen LogP contribution in [0.4, 0.5) is 5.69 Å². The van der Waals surface area contributed by atoms with Crippen molar-refractivity contribution in [2.45, 2.75) is 26.7 Å². The van der Waals surface area contributed by atoms with Crippen molar-refractivity contribution in [2.75, 3.05) is 18.5 Å². The van der Waals surface area contributed by atoms with Crippen LogP contribution in [0.5, 0.6) is 0 Å². The maximum Gasteiger partial charge on any atom is 0.0651 e. The van der Waals surface area contributed by atoms with E-state index in [4.69, 9.17) is 0 Å². The Kier molecular flexibility index (Phi) is 3.87. The smallest absolute Gasteiger partial charge is 0.0651 e. The van der Waals surface area contributed by atoms with E-state index in [9.17, 15) is 5.11 Å². The van der Waals surface area contributed by atoms with Gasteiger partial charge in [-0.25, -0.2) is 0 Å². The van der Waals surface area contributed by atoms with Gasteiger partial charge in [-0.15, -0.1) is 0 Å². The fraction of sp³-hybridized carbons (Fsp3) is 0.500. The largest absolute Gasteiger partial charge is 0.396 e. The van der Waals surface area contributed by atoms with Crippen LogP contribution in [-0.4, -0.2) is 28.5 Å². The lowest BCUT2D eigenvalue weighted by Gasteiger charge is -2.30. The normalized spacial score (nSPS) is 11.9. The minimum atomic E-state index is -0.0225. The van der Waals surface area contributed by atoms with Crippen LogP contribution in [0.15, 0.2) is 24.4 Å². The van der Waals surface area contributed by atoms with Crippen molar-refractivity contribution in [1.82, 2.24) is 10.2 Å². The molecule has 0 aliphatic heterocycles. The highest BCUT2D eigenvalue weighted by atomic mass is 16.3. The Balaban J connectivity index is 2.09. The van der Waals surface area contributed by atoms with Gasteiger partial charge in [0.05, 0.1) is 18.3 Å². The Morgan fingerprint density at radius 3 is 2.78 bits per heavy atom. The molecule has 0 spiro atoms. The van der Waals surface area contributed by atoms with E-state index >= 15 is 0 Å². The van der Waals surface area contributed by atoms with E-state index in [-0.39, 0.29) is 12.0 Å². The molecule has 18 heavy (non-hydrogen) atoms. The maximum absolute atomic E-state index is 9.54. The third kappa shape index (κ3) is 2.48. The summed E-state index contributed by atoms with van der Waals surface area (Å²) in [6.45, 7) is 5.27. The van der Waals surface area contributed by atoms with Crippen molar-refractivity contribution in [3.8, 4) is 0 Å². The van der Waals surface area contributed by atoms with Crippen LogP contribution in [0.25, 0.3) is 10.9 Å². The number of aromatic amines is 1. The van der Waals surface area contributed by atoms with Crippen LogP contribution >= 0.6 is 0 Å². The number of benzene rings is 1. The van der Waals surface area contributed by atoms with E-state index in [1.807, 2.05) is 18.3 Å². The van der Waals surface area contributed by atoms with Crippen molar-refractivity contribution in [1.29, 1.82) is 0 Å². The summed E-state index contributed by atoms with van der Waals surface area (Å²) in [7, 11) is 0. The van der Waals surface area contributed by atoms with Crippen LogP contribution < -0.4 is 5.32 Å². The Bertz CT molecular complexity index is 494. The fourth-order valence-electron chi connectivity index (χ4n) is 2.12. The number of H-pyrrole nitrogens is 1. The lowest BCUT2D eigenvalue weighted by Crippen LogP contribution is -2.32. The molecule has 0 aliphatic carbocycles. The van der Waals surface area contributed by atoms with Crippen LogP contribution in [0.1, 0.15) is 26.7 Å². The molecular formula is C14H21N3O. The van der Waals surface area contributed by atoms with E-state index in [2.05, 4.69) is 35.4 Å². The van der Waals surface area contributed by atoms with Gasteiger partial charge in [0.25, 0.3) is 0 Å². The first-order valence-corrected chi connectivity index (χ1v) is 6.51. The number of aliphatic hydroxyl groups excluding tert-OH is 1. The quantitative estimate of drug-likeness (QED) is 0.735. The molecule has 0 unspecified atom stereocenters. The summed E-state index contributed by atoms with van der Waals surface area (Å²) in [5.74, 6) is 0. The van der Waals surface area contributed by atoms with E-state index in [1.54, 1.807) is 0 Å². The zero-order chi connectivity index (χ0) is 13.0. The molecule has 0 aliphatic rings. The molecule has 2 rings (SSSR count). The molecule has 4 heteroatoms. The van der Waals surface area contributed by atoms with E-state index in [1.165, 1.54) is 0 Å². The van der Waals surface area contributed by atoms with Crippen LogP contribution in [-0.2, 0) is 0 Å². The Labute approximate surface area is 107 Å². The molecule has 0 saturated heterocycles. The summed E-state index contributed by atoms with van der Waals surface area (Å²) < 4.78 is 0. The number of rotatable bonds is 6. The number of nitrogens with one attached hydrogen (secondary N) is 2. The molecule has 0 bridgehead atoms. The molecule has 1 heterocycles. The zero-order valence-electron chi connectivity index (χ0n) is 11.0. The van der Waals surface area contributed by atoms with Gasteiger partial charge < -0.3 is 10.4 Å². The number of fused-ring (bicyclic) bond motifs is 1. The predicted octanol–water partition coefficient (Wildman–Crippen LogP) is 2.77. The lowest BCUT2D eigenvalue weighted by atomic mass is 9.83. The third-order valence-corrected chi connectivity index (χ3v) is 3.94. The van der Waals surface area contributed by atoms with E-state index in [0.717, 1.165) is 36.0 Å². The number of aromatic nitrogens is 2. The summed E-state index contributed by atoms with van der Waals surface area (Å²) in [5, 5.41) is 21.0. The van der Waals surface area contributed by atoms with Crippen molar-refractivity contribution >= 4 is 16.6 Å². The number of hydrogen-bond acceptors (Lipinski definition) is 3. The van der Waals surface area contributed by atoms with Crippen LogP contribution in [0.2, 0.25) is 0 Å². The molecule has 1 aromatic heterocycles. The molecule has 98 valence electrons. The summed E-state index contributed by atoms with van der Waals surface area (Å²) in [6.07, 6.45) is 3.77. The number of nitrogens with zero attached hydrogens (tertiary/aromatic N) is 1. The Morgan fingerprint density at radius 1 is 1.33 bits per heavy atom. The molecule has 0 fully saturated rings. The number of aliphatic hydroxyl groups is 1. The molecule has 0 atom stereocenters. The predicted molar refractivity (Wildman–Crippen MR) is 74.7 cm³/mol. The van der Waals surface area contributed by atoms with Gasteiger partial charge in [-0.3, -0.25) is 5.10 Å². The van der Waals surface area contributed by atoms with E-state index in [0.29, 0.717) is 0 Å². The highest BCUT2D eigenvalue weighted by Gasteiger charge is 2.24. The highest BCUT2D eigenvalue weighted by Crippen LogP contribution is 2.26. The second-order valence-corrected chi connectivity index (χ2v) is 4.89. The van der Waals surface area contributed by atoms with E-state index < -0.39 is 0 Å². The summed E-state index contributed by atoms with van der Waals surface area (Å²) in [4.78, 5) is 0. The summed E-state index contributed by atoms with van der Waals surface area (Å²) >= 11 is 0. The minimum Gasteiger partial charge on any atom is -0.396 e. The zero-order valence-corrected chi connectivity index (χ0v) is 11.0. The van der Waals surface area contributed by atoms with Gasteiger partial charge in [-0.05, 0) is 31.0 Å². The van der Waals surface area contributed by atoms with Crippen molar-refractivity contribution in [3.63, 3.8) is 0 Å². The maximum atomic E-state index is 9.54. The van der Waals surface area contributed by atoms with Gasteiger partial charge >= 0.3 is 0 Å². The molecular weight excluding hydrogens is 226 g/mol. The molecule has 3 N–H and O–H groups in total. The fourth-order valence-corrected chi connectivity index (χ4v) is 2.12. The first-order chi connectivity index (χ1) is 8.73. The number of anilines is 1. The SMILES string of the molecule is CCC(CC)(CO)CNc1ccc2[nH]ncc2c1. The molecule has 0 amide bonds. The molecule has 0 saturated carbocycles. The van der Waals surface area contributed by atoms with Crippen molar-refractivity contribution < 1.29 is 5.11 Å². The molecule has 4 nitrogen and oxygen atoms in total. The topological polar surface area (TPSA) is 60.9 Å². The Hall–Kier alpha value is -1.55. The lowest BCUT2D eigenvalue weighted by molar-refractivity contribution is 0.127. The van der Waals surface area contributed by atoms with Gasteiger partial charge in [-0.2, -0.15) is 5.10 Å². The third-order valence-electron chi connectivity index (χ3n) is 3.94. The second-order valence-electron chi connectivity index (χ2n) is 4.89. The van der Waals surface area contributed by atoms with Gasteiger partial charge in [0.2, 0.25) is 0 Å². The van der Waals surface area contributed by atoms with Crippen LogP contribution in [0.3, 0.4) is 0 Å². The molecule has 1 aromatic carbocycles. The van der Waals surface area contributed by atoms with Crippen molar-refractivity contribution in [2.24, 2.45) is 5.41 Å². The first kappa shape index (κ1) is 12.9. The van der Waals surface area contributed by atoms with Gasteiger partial charge in [0, 0.05) is 23.0 Å². The molecule has 2 aromatic rings. The van der Waals surface area contributed by atoms with Crippen LogP contribution in [0, 0.1) is 5.41 Å². The highest BCUT2D eigenvalue weighted by molar-refractivity contribution is 5.81. The molecule has 0 radical (unpaired) electrons. The van der Waals surface area contributed by atoms with Gasteiger partial charge in [-0.1, -0.05) is 13.8 Å². The van der Waals surface area contributed by atoms with Gasteiger partial charge in [0.15, 0.2) is 0 Å². The standard InChI is InChI=1S/C14H21N3O/c1-3-14(4-2,10-18)9-15-12-5-6-13-11(7-12)8-16-17-13/h5-8,15,18H,3-4,9-10H2,1-2H3,(H,16,17). The number of hydrogen-bond donors (Lipinski definition) is 3. The minimum absolute atomic E-state index is 0.0225. The monoisotopic (exact) mass is 247 g/mol. The Morgan fingerprint density at radius 2 is 2.11 bits per heavy atom. The van der Waals surface area contributed by atoms with Crippen molar-refractivity contribution in [3.05, 3.63) is 24.4 Å². The first-order valence-electron chi connectivity index (χ1n) is 6.51. The van der Waals surface area contributed by atoms with Gasteiger partial charge in [0.1, 0.15) is 0 Å². The second kappa shape index (κ2) is 5.40. The average molecular weight is 247 g/mol. The summed E-state index contributed by atoms with van der Waals surface area (Å²) in [6, 6.07) is 6.13. The average Bonchev–Trinajstić information content (AvgIpc) is 2.88. The summed E-state index contributed by atoms with van der Waals surface area (Å²) in [5.41, 5.74) is 2.09.